The van der Waals surface area contributed by atoms with Gasteiger partial charge in [-0.15, -0.1) is 0 Å². The molecule has 1 heterocycles. The summed E-state index contributed by atoms with van der Waals surface area (Å²) in [5.41, 5.74) is 4.34. The van der Waals surface area contributed by atoms with Crippen LogP contribution in [0, 0.1) is 4.77 Å². The van der Waals surface area contributed by atoms with Crippen molar-refractivity contribution in [3.05, 3.63) is 53.3 Å². The van der Waals surface area contributed by atoms with Gasteiger partial charge in [-0.25, -0.2) is 0 Å². The average Bonchev–Trinajstić information content (AvgIpc) is 2.86. The normalized spacial score (nSPS) is 10.7. The van der Waals surface area contributed by atoms with Crippen LogP contribution in [0.5, 0.6) is 11.5 Å². The second-order valence-corrected chi connectivity index (χ2v) is 5.92. The molecular weight excluding hydrogens is 320 g/mol. The molecule has 124 valence electrons. The summed E-state index contributed by atoms with van der Waals surface area (Å²) in [7, 11) is 7.33. The Bertz CT molecular complexity index is 832. The molecule has 0 fully saturated rings. The van der Waals surface area contributed by atoms with Crippen LogP contribution in [0.4, 0.5) is 0 Å². The molecule has 0 saturated carbocycles. The number of ether oxygens (including phenoxy) is 2. The Balaban J connectivity index is 2.21. The van der Waals surface area contributed by atoms with Crippen molar-refractivity contribution in [2.24, 2.45) is 14.1 Å². The Morgan fingerprint density at radius 2 is 1.00 bits per heavy atom. The summed E-state index contributed by atoms with van der Waals surface area (Å²) in [4.78, 5) is 0. The van der Waals surface area contributed by atoms with Crippen LogP contribution in [0.3, 0.4) is 0 Å². The van der Waals surface area contributed by atoms with E-state index in [2.05, 4.69) is 24.3 Å². The summed E-state index contributed by atoms with van der Waals surface area (Å²) in [6.07, 6.45) is 0. The zero-order valence-corrected chi connectivity index (χ0v) is 15.1. The molecule has 4 nitrogen and oxygen atoms in total. The SMILES string of the molecule is COc1ccc(-c2c(-c3ccc(OC)cc3)n(C)c(=S)n2C)cc1. The predicted octanol–water partition coefficient (Wildman–Crippen LogP) is 4.44. The highest BCUT2D eigenvalue weighted by Crippen LogP contribution is 2.34. The molecule has 0 N–H and O–H groups in total. The molecule has 0 bridgehead atoms. The highest BCUT2D eigenvalue weighted by molar-refractivity contribution is 7.71. The van der Waals surface area contributed by atoms with Crippen molar-refractivity contribution < 1.29 is 9.47 Å². The standard InChI is InChI=1S/C19H20N2O2S/c1-20-17(13-5-9-15(22-3)10-6-13)18(21(2)19(20)24)14-7-11-16(23-4)12-8-14/h5-12H,1-4H3. The molecule has 0 aliphatic carbocycles. The van der Waals surface area contributed by atoms with E-state index in [-0.39, 0.29) is 0 Å². The van der Waals surface area contributed by atoms with Gasteiger partial charge in [-0.1, -0.05) is 0 Å². The van der Waals surface area contributed by atoms with Crippen LogP contribution in [0.2, 0.25) is 0 Å². The number of hydrogen-bond acceptors (Lipinski definition) is 3. The van der Waals surface area contributed by atoms with Crippen molar-refractivity contribution in [1.29, 1.82) is 0 Å². The Morgan fingerprint density at radius 3 is 1.29 bits per heavy atom. The van der Waals surface area contributed by atoms with Gasteiger partial charge in [-0.3, -0.25) is 0 Å². The zero-order valence-electron chi connectivity index (χ0n) is 14.2. The Kier molecular flexibility index (Phi) is 4.44. The first-order chi connectivity index (χ1) is 11.6. The highest BCUT2D eigenvalue weighted by atomic mass is 32.1. The number of aromatic nitrogens is 2. The Labute approximate surface area is 146 Å². The van der Waals surface area contributed by atoms with Crippen molar-refractivity contribution in [3.63, 3.8) is 0 Å². The number of benzene rings is 2. The zero-order chi connectivity index (χ0) is 17.3. The maximum absolute atomic E-state index is 5.58. The van der Waals surface area contributed by atoms with Crippen molar-refractivity contribution in [2.45, 2.75) is 0 Å². The molecule has 0 aliphatic rings. The molecule has 24 heavy (non-hydrogen) atoms. The summed E-state index contributed by atoms with van der Waals surface area (Å²) < 4.78 is 15.4. The third-order valence-corrected chi connectivity index (χ3v) is 4.74. The fourth-order valence-electron chi connectivity index (χ4n) is 2.89. The van der Waals surface area contributed by atoms with Gasteiger partial charge < -0.3 is 18.6 Å². The summed E-state index contributed by atoms with van der Waals surface area (Å²) in [5, 5.41) is 0. The Hall–Kier alpha value is -2.53. The van der Waals surface area contributed by atoms with Crippen molar-refractivity contribution >= 4 is 12.2 Å². The van der Waals surface area contributed by atoms with Gasteiger partial charge in [-0.2, -0.15) is 0 Å². The van der Waals surface area contributed by atoms with Crippen LogP contribution in [0.15, 0.2) is 48.5 Å². The largest absolute Gasteiger partial charge is 0.497 e. The van der Waals surface area contributed by atoms with Gasteiger partial charge in [0.1, 0.15) is 11.5 Å². The lowest BCUT2D eigenvalue weighted by molar-refractivity contribution is 0.414. The molecule has 0 amide bonds. The second-order valence-electron chi connectivity index (χ2n) is 5.55. The van der Waals surface area contributed by atoms with Crippen LogP contribution in [-0.4, -0.2) is 23.4 Å². The lowest BCUT2D eigenvalue weighted by atomic mass is 10.0. The molecule has 5 heteroatoms. The number of rotatable bonds is 4. The van der Waals surface area contributed by atoms with Gasteiger partial charge in [0.2, 0.25) is 0 Å². The molecule has 0 spiro atoms. The molecule has 0 aliphatic heterocycles. The minimum absolute atomic E-state index is 0.770. The smallest absolute Gasteiger partial charge is 0.180 e. The van der Waals surface area contributed by atoms with Crippen LogP contribution in [-0.2, 0) is 14.1 Å². The third kappa shape index (κ3) is 2.71. The van der Waals surface area contributed by atoms with Crippen LogP contribution in [0.1, 0.15) is 0 Å². The van der Waals surface area contributed by atoms with E-state index in [9.17, 15) is 0 Å². The van der Waals surface area contributed by atoms with Crippen molar-refractivity contribution in [2.75, 3.05) is 14.2 Å². The number of hydrogen-bond donors (Lipinski definition) is 0. The van der Waals surface area contributed by atoms with E-state index in [1.807, 2.05) is 47.5 Å². The van der Waals surface area contributed by atoms with E-state index >= 15 is 0 Å². The molecule has 3 rings (SSSR count). The topological polar surface area (TPSA) is 28.3 Å². The van der Waals surface area contributed by atoms with Gasteiger partial charge in [-0.05, 0) is 60.7 Å². The van der Waals surface area contributed by atoms with Gasteiger partial charge in [0.05, 0.1) is 25.6 Å². The van der Waals surface area contributed by atoms with Gasteiger partial charge in [0, 0.05) is 25.2 Å². The highest BCUT2D eigenvalue weighted by Gasteiger charge is 2.17. The molecule has 0 radical (unpaired) electrons. The van der Waals surface area contributed by atoms with E-state index in [1.165, 1.54) is 0 Å². The summed E-state index contributed by atoms with van der Waals surface area (Å²) in [5.74, 6) is 1.67. The average molecular weight is 340 g/mol. The van der Waals surface area contributed by atoms with Crippen LogP contribution >= 0.6 is 12.2 Å². The summed E-state index contributed by atoms with van der Waals surface area (Å²) in [6.45, 7) is 0. The van der Waals surface area contributed by atoms with Gasteiger partial charge in [0.25, 0.3) is 0 Å². The number of imidazole rings is 1. The predicted molar refractivity (Wildman–Crippen MR) is 99.2 cm³/mol. The second kappa shape index (κ2) is 6.53. The van der Waals surface area contributed by atoms with E-state index in [1.54, 1.807) is 14.2 Å². The van der Waals surface area contributed by atoms with Gasteiger partial charge in [0.15, 0.2) is 4.77 Å². The maximum atomic E-state index is 5.58. The first-order valence-corrected chi connectivity index (χ1v) is 8.02. The first-order valence-electron chi connectivity index (χ1n) is 7.61. The van der Waals surface area contributed by atoms with Crippen LogP contribution < -0.4 is 9.47 Å². The molecule has 1 aromatic heterocycles. The quantitative estimate of drug-likeness (QED) is 0.657. The van der Waals surface area contributed by atoms with E-state index in [0.717, 1.165) is 38.8 Å². The Morgan fingerprint density at radius 1 is 0.667 bits per heavy atom. The minimum Gasteiger partial charge on any atom is -0.497 e. The fourth-order valence-corrected chi connectivity index (χ4v) is 3.08. The molecule has 3 aromatic rings. The van der Waals surface area contributed by atoms with Crippen molar-refractivity contribution in [1.82, 2.24) is 9.13 Å². The number of methoxy groups -OCH3 is 2. The minimum atomic E-state index is 0.770. The molecule has 0 saturated heterocycles. The lowest BCUT2D eigenvalue weighted by Crippen LogP contribution is -1.93. The van der Waals surface area contributed by atoms with E-state index in [4.69, 9.17) is 21.7 Å². The molecule has 2 aromatic carbocycles. The summed E-state index contributed by atoms with van der Waals surface area (Å²) in [6, 6.07) is 16.1. The van der Waals surface area contributed by atoms with Gasteiger partial charge >= 0.3 is 0 Å². The molecule has 0 unspecified atom stereocenters. The van der Waals surface area contributed by atoms with E-state index in [0.29, 0.717) is 0 Å². The van der Waals surface area contributed by atoms with E-state index < -0.39 is 0 Å². The monoisotopic (exact) mass is 340 g/mol. The maximum Gasteiger partial charge on any atom is 0.180 e. The lowest BCUT2D eigenvalue weighted by Gasteiger charge is -2.10. The molecular formula is C19H20N2O2S. The summed E-state index contributed by atoms with van der Waals surface area (Å²) >= 11 is 5.58. The first kappa shape index (κ1) is 16.3. The number of nitrogens with zero attached hydrogens (tertiary/aromatic N) is 2. The molecule has 0 atom stereocenters. The third-order valence-electron chi connectivity index (χ3n) is 4.20. The van der Waals surface area contributed by atoms with Crippen LogP contribution in [0.25, 0.3) is 22.5 Å². The fraction of sp³-hybridized carbons (Fsp3) is 0.211. The van der Waals surface area contributed by atoms with Crippen molar-refractivity contribution in [3.8, 4) is 34.0 Å².